The van der Waals surface area contributed by atoms with E-state index in [0.717, 1.165) is 36.9 Å². The fourth-order valence-electron chi connectivity index (χ4n) is 4.81. The van der Waals surface area contributed by atoms with Crippen LogP contribution in [0.2, 0.25) is 0 Å². The highest BCUT2D eigenvalue weighted by atomic mass is 32.2. The molecule has 4 rings (SSSR count). The molecule has 0 heterocycles. The van der Waals surface area contributed by atoms with Crippen LogP contribution < -0.4 is 5.73 Å². The zero-order chi connectivity index (χ0) is 26.4. The second-order valence-electron chi connectivity index (χ2n) is 9.79. The highest BCUT2D eigenvalue weighted by Crippen LogP contribution is 2.37. The molecule has 202 valence electrons. The van der Waals surface area contributed by atoms with Crippen LogP contribution in [-0.2, 0) is 34.0 Å². The van der Waals surface area contributed by atoms with Crippen LogP contribution in [-0.4, -0.2) is 35.8 Å². The molecule has 2 N–H and O–H groups in total. The van der Waals surface area contributed by atoms with E-state index < -0.39 is 0 Å². The molecule has 0 aromatic heterocycles. The van der Waals surface area contributed by atoms with Gasteiger partial charge in [0, 0.05) is 17.7 Å². The minimum absolute atomic E-state index is 0.0746. The third-order valence-corrected chi connectivity index (χ3v) is 7.80. The largest absolute Gasteiger partial charge is 0.379 e. The Kier molecular flexibility index (Phi) is 11.7. The van der Waals surface area contributed by atoms with Crippen molar-refractivity contribution in [2.45, 2.75) is 63.5 Å². The van der Waals surface area contributed by atoms with E-state index in [4.69, 9.17) is 19.9 Å². The number of aliphatic imine (C=N–C) groups is 1. The summed E-state index contributed by atoms with van der Waals surface area (Å²) < 4.78 is 19.5. The molecule has 5 nitrogen and oxygen atoms in total. The Balaban J connectivity index is 1.50. The van der Waals surface area contributed by atoms with Gasteiger partial charge in [0.05, 0.1) is 38.6 Å². The molecule has 0 bridgehead atoms. The molecule has 1 fully saturated rings. The normalized spacial score (nSPS) is 21.9. The number of rotatable bonds is 13. The molecular formula is C32H40N2O3S. The zero-order valence-corrected chi connectivity index (χ0v) is 23.1. The van der Waals surface area contributed by atoms with E-state index in [-0.39, 0.29) is 18.1 Å². The summed E-state index contributed by atoms with van der Waals surface area (Å²) in [5, 5.41) is 0.949. The summed E-state index contributed by atoms with van der Waals surface area (Å²) in [6.45, 7) is 5.14. The summed E-state index contributed by atoms with van der Waals surface area (Å²) in [6, 6.07) is 31.0. The number of ether oxygens (including phenoxy) is 3. The van der Waals surface area contributed by atoms with Crippen LogP contribution in [0.4, 0.5) is 0 Å². The lowest BCUT2D eigenvalue weighted by Gasteiger charge is -2.41. The van der Waals surface area contributed by atoms with Crippen LogP contribution in [0.1, 0.15) is 42.9 Å². The summed E-state index contributed by atoms with van der Waals surface area (Å²) in [5.41, 5.74) is 9.79. The maximum absolute atomic E-state index is 6.63. The second kappa shape index (κ2) is 15.7. The Morgan fingerprint density at radius 3 is 1.92 bits per heavy atom. The molecule has 3 aromatic carbocycles. The lowest BCUT2D eigenvalue weighted by molar-refractivity contribution is -0.139. The van der Waals surface area contributed by atoms with Crippen molar-refractivity contribution in [1.82, 2.24) is 0 Å². The molecule has 0 unspecified atom stereocenters. The van der Waals surface area contributed by atoms with Gasteiger partial charge in [-0.3, -0.25) is 4.99 Å². The summed E-state index contributed by atoms with van der Waals surface area (Å²) in [7, 11) is 0. The highest BCUT2D eigenvalue weighted by Gasteiger charge is 2.40. The summed E-state index contributed by atoms with van der Waals surface area (Å²) in [5.74, 6) is 0.174. The first-order valence-electron chi connectivity index (χ1n) is 13.6. The molecule has 0 saturated heterocycles. The number of amidine groups is 1. The van der Waals surface area contributed by atoms with Gasteiger partial charge in [-0.15, -0.1) is 0 Å². The molecule has 6 heteroatoms. The Hall–Kier alpha value is -2.64. The molecule has 1 aliphatic carbocycles. The van der Waals surface area contributed by atoms with E-state index in [1.165, 1.54) is 5.56 Å². The first-order valence-corrected chi connectivity index (χ1v) is 14.5. The third-order valence-electron chi connectivity index (χ3n) is 6.71. The van der Waals surface area contributed by atoms with E-state index >= 15 is 0 Å². The maximum Gasteiger partial charge on any atom is 0.154 e. The molecule has 4 atom stereocenters. The topological polar surface area (TPSA) is 66.1 Å². The number of benzene rings is 3. The van der Waals surface area contributed by atoms with Crippen molar-refractivity contribution in [1.29, 1.82) is 0 Å². The van der Waals surface area contributed by atoms with Gasteiger partial charge in [-0.05, 0) is 36.0 Å². The average molecular weight is 533 g/mol. The quantitative estimate of drug-likeness (QED) is 0.198. The lowest BCUT2D eigenvalue weighted by Crippen LogP contribution is -2.47. The molecule has 0 spiro atoms. The SMILES string of the molecule is CCCN=C(N)S[C@H]1C[C@H](COCc2ccccc2)[C@@H](OCc2ccccc2)[C@H](OCc2ccccc2)C1. The van der Waals surface area contributed by atoms with Crippen LogP contribution in [0.5, 0.6) is 0 Å². The van der Waals surface area contributed by atoms with Crippen LogP contribution >= 0.6 is 11.8 Å². The Morgan fingerprint density at radius 1 is 0.789 bits per heavy atom. The van der Waals surface area contributed by atoms with Gasteiger partial charge in [0.25, 0.3) is 0 Å². The van der Waals surface area contributed by atoms with E-state index in [1.807, 2.05) is 42.5 Å². The van der Waals surface area contributed by atoms with Crippen LogP contribution in [0.15, 0.2) is 96.0 Å². The Bertz CT molecular complexity index is 1080. The molecule has 0 aliphatic heterocycles. The number of nitrogens with two attached hydrogens (primary N) is 1. The zero-order valence-electron chi connectivity index (χ0n) is 22.3. The van der Waals surface area contributed by atoms with Crippen LogP contribution in [0.25, 0.3) is 0 Å². The van der Waals surface area contributed by atoms with Gasteiger partial charge in [-0.2, -0.15) is 0 Å². The monoisotopic (exact) mass is 532 g/mol. The van der Waals surface area contributed by atoms with Gasteiger partial charge in [0.1, 0.15) is 0 Å². The first-order chi connectivity index (χ1) is 18.7. The van der Waals surface area contributed by atoms with E-state index in [0.29, 0.717) is 36.8 Å². The Morgan fingerprint density at radius 2 is 1.34 bits per heavy atom. The second-order valence-corrected chi connectivity index (χ2v) is 11.1. The number of hydrogen-bond acceptors (Lipinski definition) is 5. The first kappa shape index (κ1) is 28.4. The smallest absolute Gasteiger partial charge is 0.154 e. The number of thioether (sulfide) groups is 1. The molecule has 1 saturated carbocycles. The van der Waals surface area contributed by atoms with E-state index in [2.05, 4.69) is 60.4 Å². The Labute approximate surface area is 231 Å². The fraction of sp³-hybridized carbons (Fsp3) is 0.406. The van der Waals surface area contributed by atoms with Crippen molar-refractivity contribution in [3.05, 3.63) is 108 Å². The lowest BCUT2D eigenvalue weighted by atomic mass is 9.84. The molecule has 0 radical (unpaired) electrons. The minimum atomic E-state index is -0.0830. The molecule has 3 aromatic rings. The predicted molar refractivity (Wildman–Crippen MR) is 157 cm³/mol. The molecule has 1 aliphatic rings. The van der Waals surface area contributed by atoms with Gasteiger partial charge < -0.3 is 19.9 Å². The highest BCUT2D eigenvalue weighted by molar-refractivity contribution is 8.14. The summed E-state index contributed by atoms with van der Waals surface area (Å²) >= 11 is 1.67. The van der Waals surface area contributed by atoms with Crippen molar-refractivity contribution in [3.8, 4) is 0 Å². The average Bonchev–Trinajstić information content (AvgIpc) is 2.96. The molecule has 38 heavy (non-hydrogen) atoms. The van der Waals surface area contributed by atoms with Gasteiger partial charge in [-0.1, -0.05) is 110 Å². The van der Waals surface area contributed by atoms with Gasteiger partial charge >= 0.3 is 0 Å². The number of nitrogens with zero attached hydrogens (tertiary/aromatic N) is 1. The summed E-state index contributed by atoms with van der Waals surface area (Å²) in [4.78, 5) is 4.53. The number of hydrogen-bond donors (Lipinski definition) is 1. The maximum atomic E-state index is 6.63. The van der Waals surface area contributed by atoms with Crippen LogP contribution in [0.3, 0.4) is 0 Å². The fourth-order valence-corrected chi connectivity index (χ4v) is 5.94. The predicted octanol–water partition coefficient (Wildman–Crippen LogP) is 6.61. The summed E-state index contributed by atoms with van der Waals surface area (Å²) in [6.07, 6.45) is 2.62. The van der Waals surface area contributed by atoms with Gasteiger partial charge in [-0.25, -0.2) is 0 Å². The van der Waals surface area contributed by atoms with Crippen molar-refractivity contribution in [3.63, 3.8) is 0 Å². The molecular weight excluding hydrogens is 492 g/mol. The van der Waals surface area contributed by atoms with Crippen molar-refractivity contribution in [2.24, 2.45) is 16.6 Å². The third kappa shape index (κ3) is 9.28. The van der Waals surface area contributed by atoms with Crippen LogP contribution in [0, 0.1) is 5.92 Å². The van der Waals surface area contributed by atoms with Crippen molar-refractivity contribution >= 4 is 16.9 Å². The minimum Gasteiger partial charge on any atom is -0.379 e. The van der Waals surface area contributed by atoms with Gasteiger partial charge in [0.2, 0.25) is 0 Å². The van der Waals surface area contributed by atoms with Crippen molar-refractivity contribution in [2.75, 3.05) is 13.2 Å². The van der Waals surface area contributed by atoms with Gasteiger partial charge in [0.15, 0.2) is 5.17 Å². The van der Waals surface area contributed by atoms with Crippen molar-refractivity contribution < 1.29 is 14.2 Å². The van der Waals surface area contributed by atoms with E-state index in [1.54, 1.807) is 11.8 Å². The molecule has 0 amide bonds. The standard InChI is InChI=1S/C32H40N2O3S/c1-2-18-34-32(33)38-29-19-28(24-35-21-25-12-6-3-7-13-25)31(37-23-27-16-10-5-11-17-27)30(20-29)36-22-26-14-8-4-9-15-26/h3-17,28-31H,2,18-24H2,1H3,(H2,33,34)/t28-,29+,30-,31-/m1/s1. The van der Waals surface area contributed by atoms with E-state index in [9.17, 15) is 0 Å².